The van der Waals surface area contributed by atoms with Crippen LogP contribution in [0.15, 0.2) is 23.5 Å². The van der Waals surface area contributed by atoms with Crippen molar-refractivity contribution in [2.45, 2.75) is 13.8 Å². The van der Waals surface area contributed by atoms with Gasteiger partial charge in [0.1, 0.15) is 0 Å². The Morgan fingerprint density at radius 1 is 1.08 bits per heavy atom. The third-order valence-corrected chi connectivity index (χ3v) is 1.27. The predicted octanol–water partition coefficient (Wildman–Crippen LogP) is 1.05. The maximum Gasteiger partial charge on any atom is 0.370 e. The van der Waals surface area contributed by atoms with Crippen molar-refractivity contribution in [2.75, 3.05) is 0 Å². The SMILES string of the molecule is CC(=O)/C(C)=C\C=C(\O)C(=O)O. The standard InChI is InChI=1S/C8H10O4/c1-5(6(2)9)3-4-7(10)8(11)12/h3-4,10H,1-2H3,(H,11,12)/b5-3-,7-4+. The van der Waals surface area contributed by atoms with E-state index in [9.17, 15) is 9.59 Å². The molecule has 4 heteroatoms. The number of aliphatic carboxylic acids is 1. The summed E-state index contributed by atoms with van der Waals surface area (Å²) in [5.41, 5.74) is 0.391. The molecule has 0 aliphatic rings. The van der Waals surface area contributed by atoms with Gasteiger partial charge in [-0.25, -0.2) is 4.79 Å². The zero-order valence-corrected chi connectivity index (χ0v) is 6.87. The van der Waals surface area contributed by atoms with E-state index in [0.717, 1.165) is 6.08 Å². The van der Waals surface area contributed by atoms with Crippen molar-refractivity contribution in [1.82, 2.24) is 0 Å². The molecule has 0 saturated heterocycles. The van der Waals surface area contributed by atoms with Crippen molar-refractivity contribution in [3.63, 3.8) is 0 Å². The van der Waals surface area contributed by atoms with Crippen molar-refractivity contribution in [2.24, 2.45) is 0 Å². The second kappa shape index (κ2) is 4.33. The quantitative estimate of drug-likeness (QED) is 0.377. The van der Waals surface area contributed by atoms with E-state index in [1.165, 1.54) is 19.9 Å². The first-order chi connectivity index (χ1) is 5.45. The van der Waals surface area contributed by atoms with Gasteiger partial charge < -0.3 is 10.2 Å². The third-order valence-electron chi connectivity index (χ3n) is 1.27. The molecule has 4 nitrogen and oxygen atoms in total. The Morgan fingerprint density at radius 2 is 1.58 bits per heavy atom. The average molecular weight is 170 g/mol. The van der Waals surface area contributed by atoms with Gasteiger partial charge in [0.05, 0.1) is 0 Å². The van der Waals surface area contributed by atoms with Crippen molar-refractivity contribution in [1.29, 1.82) is 0 Å². The van der Waals surface area contributed by atoms with Crippen LogP contribution < -0.4 is 0 Å². The van der Waals surface area contributed by atoms with Gasteiger partial charge >= 0.3 is 5.97 Å². The lowest BCUT2D eigenvalue weighted by molar-refractivity contribution is -0.135. The van der Waals surface area contributed by atoms with Crippen LogP contribution in [0.1, 0.15) is 13.8 Å². The molecule has 0 heterocycles. The monoisotopic (exact) mass is 170 g/mol. The first-order valence-corrected chi connectivity index (χ1v) is 3.27. The van der Waals surface area contributed by atoms with Crippen molar-refractivity contribution < 1.29 is 19.8 Å². The normalized spacial score (nSPS) is 12.8. The van der Waals surface area contributed by atoms with Crippen LogP contribution in [-0.2, 0) is 9.59 Å². The molecule has 0 aromatic rings. The fourth-order valence-corrected chi connectivity index (χ4v) is 0.393. The van der Waals surface area contributed by atoms with Gasteiger partial charge in [-0.3, -0.25) is 4.79 Å². The number of carboxylic acids is 1. The van der Waals surface area contributed by atoms with Crippen LogP contribution in [-0.4, -0.2) is 22.0 Å². The first-order valence-electron chi connectivity index (χ1n) is 3.27. The molecule has 0 amide bonds. The lowest BCUT2D eigenvalue weighted by Crippen LogP contribution is -1.98. The Morgan fingerprint density at radius 3 is 1.92 bits per heavy atom. The molecular formula is C8H10O4. The van der Waals surface area contributed by atoms with Gasteiger partial charge in [0.15, 0.2) is 5.78 Å². The number of ketones is 1. The van der Waals surface area contributed by atoms with Gasteiger partial charge in [-0.1, -0.05) is 6.08 Å². The number of hydrogen-bond acceptors (Lipinski definition) is 3. The fourth-order valence-electron chi connectivity index (χ4n) is 0.393. The average Bonchev–Trinajstić information content (AvgIpc) is 1.98. The van der Waals surface area contributed by atoms with Crippen molar-refractivity contribution >= 4 is 11.8 Å². The number of carbonyl (C=O) groups excluding carboxylic acids is 1. The van der Waals surface area contributed by atoms with E-state index in [4.69, 9.17) is 10.2 Å². The van der Waals surface area contributed by atoms with Gasteiger partial charge in [0.25, 0.3) is 0 Å². The number of hydrogen-bond donors (Lipinski definition) is 2. The molecule has 0 atom stereocenters. The van der Waals surface area contributed by atoms with E-state index in [1.54, 1.807) is 0 Å². The molecule has 0 rings (SSSR count). The number of rotatable bonds is 3. The number of allylic oxidation sites excluding steroid dienone is 3. The number of carbonyl (C=O) groups is 2. The Balaban J connectivity index is 4.48. The Kier molecular flexibility index (Phi) is 3.76. The van der Waals surface area contributed by atoms with Crippen LogP contribution in [0.4, 0.5) is 0 Å². The maximum absolute atomic E-state index is 10.6. The zero-order valence-electron chi connectivity index (χ0n) is 6.87. The summed E-state index contributed by atoms with van der Waals surface area (Å²) in [6, 6.07) is 0. The smallest absolute Gasteiger partial charge is 0.370 e. The van der Waals surface area contributed by atoms with Crippen LogP contribution in [0.25, 0.3) is 0 Å². The minimum Gasteiger partial charge on any atom is -0.502 e. The van der Waals surface area contributed by atoms with Crippen LogP contribution in [0.2, 0.25) is 0 Å². The molecular weight excluding hydrogens is 160 g/mol. The molecule has 2 N–H and O–H groups in total. The van der Waals surface area contributed by atoms with E-state index >= 15 is 0 Å². The molecule has 0 aliphatic heterocycles. The number of aliphatic hydroxyl groups is 1. The minimum absolute atomic E-state index is 0.163. The Hall–Kier alpha value is -1.58. The van der Waals surface area contributed by atoms with Crippen LogP contribution in [0, 0.1) is 0 Å². The highest BCUT2D eigenvalue weighted by Gasteiger charge is 2.01. The molecule has 0 spiro atoms. The molecule has 0 aromatic heterocycles. The van der Waals surface area contributed by atoms with Crippen molar-refractivity contribution in [3.8, 4) is 0 Å². The van der Waals surface area contributed by atoms with Crippen LogP contribution in [0.3, 0.4) is 0 Å². The molecule has 0 aliphatic carbocycles. The van der Waals surface area contributed by atoms with Gasteiger partial charge in [-0.15, -0.1) is 0 Å². The Labute approximate surface area is 69.8 Å². The largest absolute Gasteiger partial charge is 0.502 e. The summed E-state index contributed by atoms with van der Waals surface area (Å²) in [6.45, 7) is 2.89. The molecule has 0 aromatic carbocycles. The number of Topliss-reactive ketones (excluding diaryl/α,β-unsaturated/α-hetero) is 1. The van der Waals surface area contributed by atoms with Crippen LogP contribution >= 0.6 is 0 Å². The summed E-state index contributed by atoms with van der Waals surface area (Å²) in [6.07, 6.45) is 2.23. The van der Waals surface area contributed by atoms with Gasteiger partial charge in [0.2, 0.25) is 5.76 Å². The van der Waals surface area contributed by atoms with E-state index in [2.05, 4.69) is 0 Å². The summed E-state index contributed by atoms with van der Waals surface area (Å²) in [4.78, 5) is 20.6. The third kappa shape index (κ3) is 3.55. The molecule has 0 radical (unpaired) electrons. The lowest BCUT2D eigenvalue weighted by atomic mass is 10.2. The summed E-state index contributed by atoms with van der Waals surface area (Å²) < 4.78 is 0. The van der Waals surface area contributed by atoms with Crippen molar-refractivity contribution in [3.05, 3.63) is 23.5 Å². The fraction of sp³-hybridized carbons (Fsp3) is 0.250. The molecule has 0 bridgehead atoms. The van der Waals surface area contributed by atoms with E-state index < -0.39 is 11.7 Å². The lowest BCUT2D eigenvalue weighted by Gasteiger charge is -1.90. The summed E-state index contributed by atoms with van der Waals surface area (Å²) in [7, 11) is 0. The Bertz CT molecular complexity index is 232. The second-order valence-electron chi connectivity index (χ2n) is 2.26. The van der Waals surface area contributed by atoms with E-state index in [-0.39, 0.29) is 5.78 Å². The number of carboxylic acid groups (broad SMARTS) is 1. The van der Waals surface area contributed by atoms with Gasteiger partial charge in [-0.2, -0.15) is 0 Å². The maximum atomic E-state index is 10.6. The zero-order chi connectivity index (χ0) is 9.72. The topological polar surface area (TPSA) is 74.6 Å². The summed E-state index contributed by atoms with van der Waals surface area (Å²) >= 11 is 0. The highest BCUT2D eigenvalue weighted by molar-refractivity contribution is 5.93. The molecule has 0 saturated carbocycles. The molecule has 12 heavy (non-hydrogen) atoms. The van der Waals surface area contributed by atoms with Gasteiger partial charge in [-0.05, 0) is 25.5 Å². The minimum atomic E-state index is -1.41. The molecule has 0 fully saturated rings. The first kappa shape index (κ1) is 10.4. The predicted molar refractivity (Wildman–Crippen MR) is 42.8 cm³/mol. The van der Waals surface area contributed by atoms with E-state index in [0.29, 0.717) is 5.57 Å². The van der Waals surface area contributed by atoms with Gasteiger partial charge in [0, 0.05) is 0 Å². The number of aliphatic hydroxyl groups excluding tert-OH is 1. The highest BCUT2D eigenvalue weighted by Crippen LogP contribution is 1.96. The second-order valence-corrected chi connectivity index (χ2v) is 2.26. The molecule has 0 unspecified atom stereocenters. The summed E-state index contributed by atoms with van der Waals surface area (Å²) in [5.74, 6) is -2.36. The summed E-state index contributed by atoms with van der Waals surface area (Å²) in [5, 5.41) is 16.9. The molecule has 66 valence electrons. The van der Waals surface area contributed by atoms with E-state index in [1.807, 2.05) is 0 Å². The van der Waals surface area contributed by atoms with Crippen LogP contribution in [0.5, 0.6) is 0 Å². The highest BCUT2D eigenvalue weighted by atomic mass is 16.4.